The normalized spacial score (nSPS) is 18.9. The number of hydrogen-bond acceptors (Lipinski definition) is 5. The Hall–Kier alpha value is -3.87. The van der Waals surface area contributed by atoms with E-state index in [1.54, 1.807) is 25.3 Å². The molecule has 0 radical (unpaired) electrons. The van der Waals surface area contributed by atoms with Gasteiger partial charge in [-0.3, -0.25) is 24.9 Å². The Morgan fingerprint density at radius 3 is 2.60 bits per heavy atom. The summed E-state index contributed by atoms with van der Waals surface area (Å²) in [5.74, 6) is -2.58. The fraction of sp³-hybridized carbons (Fsp3) is 0.174. The topological polar surface area (TPSA) is 106 Å². The molecular formula is C23H19N3O4. The second kappa shape index (κ2) is 7.51. The molecule has 0 saturated carbocycles. The lowest BCUT2D eigenvalue weighted by Crippen LogP contribution is -2.32. The van der Waals surface area contributed by atoms with Gasteiger partial charge < -0.3 is 5.11 Å². The van der Waals surface area contributed by atoms with Gasteiger partial charge in [-0.1, -0.05) is 30.3 Å². The number of aliphatic carboxylic acids is 1. The highest BCUT2D eigenvalue weighted by Gasteiger charge is 2.39. The number of pyridine rings is 1. The van der Waals surface area contributed by atoms with E-state index in [-0.39, 0.29) is 5.69 Å². The molecule has 7 heteroatoms. The van der Waals surface area contributed by atoms with Gasteiger partial charge in [-0.15, -0.1) is 0 Å². The van der Waals surface area contributed by atoms with Gasteiger partial charge >= 0.3 is 5.97 Å². The maximum absolute atomic E-state index is 12.2. The van der Waals surface area contributed by atoms with Crippen LogP contribution in [0.4, 0.5) is 5.69 Å². The van der Waals surface area contributed by atoms with Gasteiger partial charge in [0.1, 0.15) is 5.92 Å². The standard InChI is InChI=1S/C23H19N3O4/c1-13-20(17-10-15-6-3-4-9-19(15)24-12-17)22(21(23(27)28)14(2)25-13)16-7-5-8-18(11-16)26(29)30/h3-12,21-22H,1-2H3,(H,27,28). The molecule has 7 nitrogen and oxygen atoms in total. The molecule has 150 valence electrons. The van der Waals surface area contributed by atoms with Crippen LogP contribution in [0.2, 0.25) is 0 Å². The molecule has 0 fully saturated rings. The summed E-state index contributed by atoms with van der Waals surface area (Å²) in [5.41, 5.74) is 3.93. The number of benzene rings is 2. The highest BCUT2D eigenvalue weighted by atomic mass is 16.6. The van der Waals surface area contributed by atoms with Gasteiger partial charge in [-0.2, -0.15) is 0 Å². The molecule has 3 aromatic rings. The van der Waals surface area contributed by atoms with Crippen molar-refractivity contribution in [2.45, 2.75) is 19.8 Å². The Bertz CT molecular complexity index is 1250. The smallest absolute Gasteiger partial charge is 0.313 e. The fourth-order valence-electron chi connectivity index (χ4n) is 4.15. The van der Waals surface area contributed by atoms with E-state index in [2.05, 4.69) is 9.98 Å². The lowest BCUT2D eigenvalue weighted by molar-refractivity contribution is -0.384. The molecule has 30 heavy (non-hydrogen) atoms. The lowest BCUT2D eigenvalue weighted by atomic mass is 9.73. The number of nitro benzene ring substituents is 1. The van der Waals surface area contributed by atoms with Gasteiger partial charge in [-0.05, 0) is 42.7 Å². The number of nitro groups is 1. The first-order valence-electron chi connectivity index (χ1n) is 9.45. The molecule has 2 unspecified atom stereocenters. The van der Waals surface area contributed by atoms with E-state index in [4.69, 9.17) is 0 Å². The van der Waals surface area contributed by atoms with Crippen molar-refractivity contribution < 1.29 is 14.8 Å². The second-order valence-electron chi connectivity index (χ2n) is 7.31. The van der Waals surface area contributed by atoms with Crippen LogP contribution in [0.15, 0.2) is 71.5 Å². The van der Waals surface area contributed by atoms with E-state index >= 15 is 0 Å². The Balaban J connectivity index is 1.96. The van der Waals surface area contributed by atoms with Crippen molar-refractivity contribution in [2.24, 2.45) is 10.9 Å². The Labute approximate surface area is 172 Å². The van der Waals surface area contributed by atoms with Gasteiger partial charge in [0.25, 0.3) is 5.69 Å². The van der Waals surface area contributed by atoms with Gasteiger partial charge in [-0.25, -0.2) is 0 Å². The summed E-state index contributed by atoms with van der Waals surface area (Å²) in [5, 5.41) is 22.2. The number of hydrogen-bond donors (Lipinski definition) is 1. The number of aliphatic imine (C=N–C) groups is 1. The third kappa shape index (κ3) is 3.34. The summed E-state index contributed by atoms with van der Waals surface area (Å²) in [6.45, 7) is 3.51. The molecule has 0 amide bonds. The van der Waals surface area contributed by atoms with Gasteiger partial charge in [0.15, 0.2) is 0 Å². The molecule has 0 spiro atoms. The summed E-state index contributed by atoms with van der Waals surface area (Å²) in [6, 6.07) is 15.8. The quantitative estimate of drug-likeness (QED) is 0.498. The highest BCUT2D eigenvalue weighted by molar-refractivity contribution is 6.06. The van der Waals surface area contributed by atoms with Gasteiger partial charge in [0.05, 0.1) is 10.4 Å². The Morgan fingerprint density at radius 1 is 1.10 bits per heavy atom. The van der Waals surface area contributed by atoms with Crippen molar-refractivity contribution >= 4 is 33.8 Å². The van der Waals surface area contributed by atoms with Crippen molar-refractivity contribution in [3.8, 4) is 0 Å². The van der Waals surface area contributed by atoms with Crippen LogP contribution < -0.4 is 0 Å². The van der Waals surface area contributed by atoms with E-state index in [1.807, 2.05) is 37.3 Å². The van der Waals surface area contributed by atoms with Gasteiger partial charge in [0, 0.05) is 41.0 Å². The fourth-order valence-corrected chi connectivity index (χ4v) is 4.15. The predicted octanol–water partition coefficient (Wildman–Crippen LogP) is 4.83. The first-order valence-corrected chi connectivity index (χ1v) is 9.45. The summed E-state index contributed by atoms with van der Waals surface area (Å²) < 4.78 is 0. The maximum Gasteiger partial charge on any atom is 0.313 e. The second-order valence-corrected chi connectivity index (χ2v) is 7.31. The average molecular weight is 401 g/mol. The first kappa shape index (κ1) is 19.4. The zero-order valence-corrected chi connectivity index (χ0v) is 16.4. The number of allylic oxidation sites excluding steroid dienone is 2. The number of rotatable bonds is 4. The van der Waals surface area contributed by atoms with Crippen molar-refractivity contribution in [3.05, 3.63) is 87.7 Å². The van der Waals surface area contributed by atoms with Crippen LogP contribution in [0.25, 0.3) is 16.5 Å². The zero-order valence-electron chi connectivity index (χ0n) is 16.4. The minimum absolute atomic E-state index is 0.0783. The molecule has 4 rings (SSSR count). The summed E-state index contributed by atoms with van der Waals surface area (Å²) >= 11 is 0. The van der Waals surface area contributed by atoms with E-state index in [0.717, 1.165) is 16.5 Å². The van der Waals surface area contributed by atoms with Crippen LogP contribution >= 0.6 is 0 Å². The third-order valence-electron chi connectivity index (χ3n) is 5.44. The van der Waals surface area contributed by atoms with E-state index in [9.17, 15) is 20.0 Å². The summed E-state index contributed by atoms with van der Waals surface area (Å²) in [7, 11) is 0. The molecule has 2 heterocycles. The van der Waals surface area contributed by atoms with Crippen LogP contribution in [-0.2, 0) is 4.79 Å². The van der Waals surface area contributed by atoms with Crippen LogP contribution in [0.5, 0.6) is 0 Å². The molecule has 1 N–H and O–H groups in total. The Kier molecular flexibility index (Phi) is 4.87. The molecule has 0 aliphatic carbocycles. The molecule has 1 aliphatic heterocycles. The number of para-hydroxylation sites is 1. The monoisotopic (exact) mass is 401 g/mol. The van der Waals surface area contributed by atoms with Crippen molar-refractivity contribution in [1.29, 1.82) is 0 Å². The number of carboxylic acids is 1. The van der Waals surface area contributed by atoms with Crippen molar-refractivity contribution in [3.63, 3.8) is 0 Å². The molecule has 2 aromatic carbocycles. The molecule has 2 atom stereocenters. The molecule has 0 bridgehead atoms. The van der Waals surface area contributed by atoms with Crippen molar-refractivity contribution in [2.75, 3.05) is 0 Å². The molecule has 1 aromatic heterocycles. The third-order valence-corrected chi connectivity index (χ3v) is 5.44. The van der Waals surface area contributed by atoms with E-state index < -0.39 is 22.7 Å². The highest BCUT2D eigenvalue weighted by Crippen LogP contribution is 2.45. The first-order chi connectivity index (χ1) is 14.4. The zero-order chi connectivity index (χ0) is 21.4. The number of fused-ring (bicyclic) bond motifs is 1. The van der Waals surface area contributed by atoms with Crippen molar-refractivity contribution in [1.82, 2.24) is 4.98 Å². The number of nitrogens with zero attached hydrogens (tertiary/aromatic N) is 3. The van der Waals surface area contributed by atoms with Crippen LogP contribution in [0, 0.1) is 16.0 Å². The van der Waals surface area contributed by atoms with Gasteiger partial charge in [0.2, 0.25) is 0 Å². The van der Waals surface area contributed by atoms with Crippen LogP contribution in [-0.4, -0.2) is 26.7 Å². The molecule has 0 saturated heterocycles. The minimum atomic E-state index is -1.02. The average Bonchev–Trinajstić information content (AvgIpc) is 2.72. The number of aromatic nitrogens is 1. The predicted molar refractivity (Wildman–Crippen MR) is 114 cm³/mol. The number of non-ortho nitro benzene ring substituents is 1. The van der Waals surface area contributed by atoms with Crippen LogP contribution in [0.3, 0.4) is 0 Å². The number of carbonyl (C=O) groups is 1. The lowest BCUT2D eigenvalue weighted by Gasteiger charge is -2.31. The molecular weight excluding hydrogens is 382 g/mol. The largest absolute Gasteiger partial charge is 0.481 e. The SMILES string of the molecule is CC1=NC(C)=C(c2cnc3ccccc3c2)C(c2cccc([N+](=O)[O-])c2)C1C(=O)O. The maximum atomic E-state index is 12.2. The number of carboxylic acid groups (broad SMARTS) is 1. The van der Waals surface area contributed by atoms with E-state index in [1.165, 1.54) is 12.1 Å². The minimum Gasteiger partial charge on any atom is -0.481 e. The van der Waals surface area contributed by atoms with E-state index in [0.29, 0.717) is 22.5 Å². The Morgan fingerprint density at radius 2 is 1.87 bits per heavy atom. The summed E-state index contributed by atoms with van der Waals surface area (Å²) in [4.78, 5) is 32.1. The molecule has 1 aliphatic rings. The summed E-state index contributed by atoms with van der Waals surface area (Å²) in [6.07, 6.45) is 1.71. The van der Waals surface area contributed by atoms with Crippen LogP contribution in [0.1, 0.15) is 30.9 Å².